The van der Waals surface area contributed by atoms with Crippen LogP contribution in [0.15, 0.2) is 0 Å². The Morgan fingerprint density at radius 2 is 0.910 bits per heavy atom. The molecular formula is C57H90O10. The van der Waals surface area contributed by atoms with Gasteiger partial charge in [-0.25, -0.2) is 0 Å². The van der Waals surface area contributed by atoms with Crippen LogP contribution in [-0.4, -0.2) is 60.4 Å². The van der Waals surface area contributed by atoms with E-state index in [9.17, 15) is 29.1 Å². The van der Waals surface area contributed by atoms with Gasteiger partial charge in [-0.15, -0.1) is 0 Å². The molecular weight excluding hydrogens is 845 g/mol. The topological polar surface area (TPSA) is 142 Å². The van der Waals surface area contributed by atoms with E-state index in [1.165, 1.54) is 97.8 Å². The maximum atomic E-state index is 13.2. The molecule has 8 saturated carbocycles. The van der Waals surface area contributed by atoms with Gasteiger partial charge >= 0.3 is 29.8 Å². The summed E-state index contributed by atoms with van der Waals surface area (Å²) in [6.45, 7) is 18.7. The molecule has 378 valence electrons. The van der Waals surface area contributed by atoms with Crippen LogP contribution in [0.3, 0.4) is 0 Å². The lowest BCUT2D eigenvalue weighted by Gasteiger charge is -2.61. The SMILES string of the molecule is CC(=O)O[C@@H]1CC[C@@]2(C)[C@H](CC[C@@H]3[C@@H]2CC[C@]2(C)[C@@H]([C@H](C)CCC(=O)OCC(C)(COC(=O)CC[C@@H](C)[C@H]4CC[C@H]5[C@@H]6CC[C@@H]7C[C@H](OC(C)=O)CC[C@]7(C)[C@H]6CC[C@]45C)C(=O)O)CC[C@@H]32)C1. The number of hydrogen-bond donors (Lipinski definition) is 1. The van der Waals surface area contributed by atoms with Crippen molar-refractivity contribution in [1.82, 2.24) is 0 Å². The minimum absolute atomic E-state index is 0.0770. The fourth-order valence-electron chi connectivity index (χ4n) is 19.0. The standard InChI is InChI=1S/C57H90O10/c1-34(44-16-18-46-42-14-12-38-30-40(66-36(3)58)22-26-54(38,6)48(42)24-28-56(44,46)8)10-20-50(60)64-32-53(5,52(62)63)33-65-51(61)21-11-35(2)45-17-19-47-43-15-13-39-31-41(67-37(4)59)23-27-55(39,7)49(43)25-29-57(45,47)9/h34-35,38-49H,10-33H2,1-9H3,(H,62,63)/t34-,35-,38-,39-,40-,41-,42+,43+,44-,45-,46+,47+,48+,49+,54+,55+,56-,57-/m1/s1. The van der Waals surface area contributed by atoms with Crippen molar-refractivity contribution in [2.24, 2.45) is 98.1 Å². The third-order valence-corrected chi connectivity index (χ3v) is 22.6. The minimum Gasteiger partial charge on any atom is -0.481 e. The lowest BCUT2D eigenvalue weighted by molar-refractivity contribution is -0.166. The van der Waals surface area contributed by atoms with E-state index in [2.05, 4.69) is 41.5 Å². The van der Waals surface area contributed by atoms with Crippen molar-refractivity contribution in [3.8, 4) is 0 Å². The lowest BCUT2D eigenvalue weighted by Crippen LogP contribution is -2.54. The molecule has 18 atom stereocenters. The van der Waals surface area contributed by atoms with Crippen molar-refractivity contribution in [3.63, 3.8) is 0 Å². The average Bonchev–Trinajstić information content (AvgIpc) is 3.82. The molecule has 8 aliphatic carbocycles. The molecule has 0 aromatic rings. The molecule has 10 heteroatoms. The summed E-state index contributed by atoms with van der Waals surface area (Å²) in [4.78, 5) is 62.5. The largest absolute Gasteiger partial charge is 0.481 e. The van der Waals surface area contributed by atoms with Crippen molar-refractivity contribution < 1.29 is 48.0 Å². The minimum atomic E-state index is -1.52. The van der Waals surface area contributed by atoms with Gasteiger partial charge in [-0.05, 0) is 228 Å². The van der Waals surface area contributed by atoms with Gasteiger partial charge in [0.25, 0.3) is 0 Å². The first-order valence-corrected chi connectivity index (χ1v) is 27.5. The molecule has 0 saturated heterocycles. The van der Waals surface area contributed by atoms with E-state index < -0.39 is 11.4 Å². The van der Waals surface area contributed by atoms with Crippen molar-refractivity contribution in [1.29, 1.82) is 0 Å². The van der Waals surface area contributed by atoms with Gasteiger partial charge < -0.3 is 24.1 Å². The molecule has 0 spiro atoms. The third kappa shape index (κ3) is 9.63. The average molecular weight is 935 g/mol. The maximum absolute atomic E-state index is 13.2. The molecule has 8 fully saturated rings. The van der Waals surface area contributed by atoms with E-state index in [-0.39, 0.29) is 73.0 Å². The number of carbonyl (C=O) groups is 5. The third-order valence-electron chi connectivity index (χ3n) is 22.6. The van der Waals surface area contributed by atoms with E-state index in [1.807, 2.05) is 0 Å². The Balaban J connectivity index is 0.764. The fraction of sp³-hybridized carbons (Fsp3) is 0.912. The fourth-order valence-corrected chi connectivity index (χ4v) is 19.0. The highest BCUT2D eigenvalue weighted by molar-refractivity contribution is 5.77. The van der Waals surface area contributed by atoms with Gasteiger partial charge in [0.1, 0.15) is 30.8 Å². The number of aliphatic carboxylic acids is 1. The molecule has 0 amide bonds. The Morgan fingerprint density at radius 3 is 1.28 bits per heavy atom. The van der Waals surface area contributed by atoms with Crippen molar-refractivity contribution in [2.75, 3.05) is 13.2 Å². The molecule has 1 N–H and O–H groups in total. The Morgan fingerprint density at radius 1 is 0.537 bits per heavy atom. The first-order valence-electron chi connectivity index (χ1n) is 27.5. The van der Waals surface area contributed by atoms with Crippen LogP contribution in [0.2, 0.25) is 0 Å². The molecule has 67 heavy (non-hydrogen) atoms. The van der Waals surface area contributed by atoms with Crippen LogP contribution in [0.1, 0.15) is 204 Å². The molecule has 0 bridgehead atoms. The molecule has 0 aliphatic heterocycles. The quantitative estimate of drug-likeness (QED) is 0.125. The summed E-state index contributed by atoms with van der Waals surface area (Å²) >= 11 is 0. The molecule has 10 nitrogen and oxygen atoms in total. The van der Waals surface area contributed by atoms with E-state index in [1.54, 1.807) is 0 Å². The normalized spacial score (nSPS) is 43.8. The van der Waals surface area contributed by atoms with Gasteiger partial charge in [0.2, 0.25) is 0 Å². The monoisotopic (exact) mass is 935 g/mol. The number of esters is 4. The molecule has 0 aromatic carbocycles. The van der Waals surface area contributed by atoms with Crippen molar-refractivity contribution in [3.05, 3.63) is 0 Å². The number of hydrogen-bond acceptors (Lipinski definition) is 9. The molecule has 8 rings (SSSR count). The van der Waals surface area contributed by atoms with Gasteiger partial charge in [0, 0.05) is 26.7 Å². The number of fused-ring (bicyclic) bond motifs is 10. The second-order valence-corrected chi connectivity index (χ2v) is 26.0. The Labute approximate surface area is 403 Å². The summed E-state index contributed by atoms with van der Waals surface area (Å²) in [5, 5.41) is 10.3. The van der Waals surface area contributed by atoms with Crippen LogP contribution in [0.25, 0.3) is 0 Å². The van der Waals surface area contributed by atoms with Gasteiger partial charge in [0.05, 0.1) is 0 Å². The first kappa shape index (κ1) is 50.7. The summed E-state index contributed by atoms with van der Waals surface area (Å²) in [6.07, 6.45) is 23.3. The summed E-state index contributed by atoms with van der Waals surface area (Å²) in [6, 6.07) is 0. The zero-order valence-corrected chi connectivity index (χ0v) is 43.2. The zero-order valence-electron chi connectivity index (χ0n) is 43.2. The van der Waals surface area contributed by atoms with Gasteiger partial charge in [0.15, 0.2) is 0 Å². The van der Waals surface area contributed by atoms with E-state index in [0.29, 0.717) is 58.2 Å². The Kier molecular flexibility index (Phi) is 14.8. The van der Waals surface area contributed by atoms with Crippen LogP contribution in [0, 0.1) is 98.1 Å². The highest BCUT2D eigenvalue weighted by Crippen LogP contribution is 2.70. The molecule has 8 aliphatic rings. The summed E-state index contributed by atoms with van der Waals surface area (Å²) in [5.41, 5.74) is -0.358. The summed E-state index contributed by atoms with van der Waals surface area (Å²) in [7, 11) is 0. The van der Waals surface area contributed by atoms with E-state index >= 15 is 0 Å². The summed E-state index contributed by atoms with van der Waals surface area (Å²) < 4.78 is 22.7. The highest BCUT2D eigenvalue weighted by Gasteiger charge is 2.62. The van der Waals surface area contributed by atoms with Crippen molar-refractivity contribution >= 4 is 29.8 Å². The van der Waals surface area contributed by atoms with E-state index in [4.69, 9.17) is 18.9 Å². The van der Waals surface area contributed by atoms with E-state index in [0.717, 1.165) is 75.0 Å². The maximum Gasteiger partial charge on any atom is 0.316 e. The van der Waals surface area contributed by atoms with Crippen LogP contribution in [0.5, 0.6) is 0 Å². The van der Waals surface area contributed by atoms with Gasteiger partial charge in [-0.2, -0.15) is 0 Å². The zero-order chi connectivity index (χ0) is 48.3. The first-order chi connectivity index (χ1) is 31.6. The number of carbonyl (C=O) groups excluding carboxylic acids is 4. The Hall–Kier alpha value is -2.65. The van der Waals surface area contributed by atoms with Crippen LogP contribution < -0.4 is 0 Å². The second-order valence-electron chi connectivity index (χ2n) is 26.0. The van der Waals surface area contributed by atoms with Crippen molar-refractivity contribution in [2.45, 2.75) is 216 Å². The van der Waals surface area contributed by atoms with Crippen LogP contribution in [0.4, 0.5) is 0 Å². The summed E-state index contributed by atoms with van der Waals surface area (Å²) in [5.74, 6) is 5.21. The molecule has 0 unspecified atom stereocenters. The number of rotatable bonds is 15. The second kappa shape index (κ2) is 19.5. The van der Waals surface area contributed by atoms with Gasteiger partial charge in [-0.1, -0.05) is 41.5 Å². The van der Waals surface area contributed by atoms with Crippen LogP contribution >= 0.6 is 0 Å². The number of carboxylic acids is 1. The molecule has 0 aromatic heterocycles. The molecule has 0 heterocycles. The highest BCUT2D eigenvalue weighted by atomic mass is 16.6. The van der Waals surface area contributed by atoms with Crippen LogP contribution in [-0.2, 0) is 42.9 Å². The predicted molar refractivity (Wildman–Crippen MR) is 256 cm³/mol. The van der Waals surface area contributed by atoms with Gasteiger partial charge in [-0.3, -0.25) is 24.0 Å². The lowest BCUT2D eigenvalue weighted by atomic mass is 9.44. The molecule has 0 radical (unpaired) electrons. The predicted octanol–water partition coefficient (Wildman–Crippen LogP) is 12.2. The number of carboxylic acid groups (broad SMARTS) is 1. The Bertz CT molecular complexity index is 1720. The smallest absolute Gasteiger partial charge is 0.316 e. The number of ether oxygens (including phenoxy) is 4.